The van der Waals surface area contributed by atoms with Crippen molar-refractivity contribution in [1.29, 1.82) is 5.26 Å². The minimum absolute atomic E-state index is 0.00966. The Balaban J connectivity index is 1.60. The van der Waals surface area contributed by atoms with E-state index in [2.05, 4.69) is 52.0 Å². The fraction of sp³-hybridized carbons (Fsp3) is 0.462. The molecular formula is C52H69N11O7. The minimum atomic E-state index is -1.38. The predicted molar refractivity (Wildman–Crippen MR) is 268 cm³/mol. The maximum absolute atomic E-state index is 14.9. The van der Waals surface area contributed by atoms with E-state index in [9.17, 15) is 29.2 Å². The third-order valence-electron chi connectivity index (χ3n) is 12.0. The van der Waals surface area contributed by atoms with Crippen LogP contribution in [-0.2, 0) is 31.0 Å². The van der Waals surface area contributed by atoms with E-state index in [-0.39, 0.29) is 36.9 Å². The van der Waals surface area contributed by atoms with Crippen LogP contribution in [0.2, 0.25) is 0 Å². The van der Waals surface area contributed by atoms with Gasteiger partial charge in [0.05, 0.1) is 23.0 Å². The van der Waals surface area contributed by atoms with Gasteiger partial charge in [0.15, 0.2) is 5.82 Å². The molecule has 4 aromatic rings. The Morgan fingerprint density at radius 1 is 0.857 bits per heavy atom. The summed E-state index contributed by atoms with van der Waals surface area (Å²) in [5.74, 6) is -1.85. The van der Waals surface area contributed by atoms with E-state index in [0.717, 1.165) is 11.1 Å². The number of rotatable bonds is 17. The van der Waals surface area contributed by atoms with Crippen molar-refractivity contribution < 1.29 is 33.4 Å². The van der Waals surface area contributed by atoms with E-state index in [1.54, 1.807) is 44.2 Å². The van der Waals surface area contributed by atoms with Gasteiger partial charge in [-0.1, -0.05) is 57.2 Å². The summed E-state index contributed by atoms with van der Waals surface area (Å²) in [6.45, 7) is 12.8. The number of amides is 5. The molecule has 0 spiro atoms. The summed E-state index contributed by atoms with van der Waals surface area (Å²) in [5, 5.41) is 20.2. The van der Waals surface area contributed by atoms with E-state index in [4.69, 9.17) is 15.2 Å². The number of nitrogens with one attached hydrogen (secondary N) is 4. The number of carbonyl (C=O) groups excluding carboxylic acids is 5. The van der Waals surface area contributed by atoms with Gasteiger partial charge in [-0.05, 0) is 108 Å². The predicted octanol–water partition coefficient (Wildman–Crippen LogP) is 3.44. The lowest BCUT2D eigenvalue weighted by Gasteiger charge is -2.32. The van der Waals surface area contributed by atoms with Crippen molar-refractivity contribution in [2.75, 3.05) is 74.6 Å². The molecule has 4 bridgehead atoms. The molecule has 3 aromatic carbocycles. The molecule has 0 saturated carbocycles. The summed E-state index contributed by atoms with van der Waals surface area (Å²) < 4.78 is 12.8. The van der Waals surface area contributed by atoms with Crippen LogP contribution >= 0.6 is 0 Å². The lowest BCUT2D eigenvalue weighted by atomic mass is 9.86. The molecule has 5 amide bonds. The van der Waals surface area contributed by atoms with Crippen molar-refractivity contribution in [3.8, 4) is 40.1 Å². The monoisotopic (exact) mass is 960 g/mol. The van der Waals surface area contributed by atoms with Gasteiger partial charge >= 0.3 is 0 Å². The Bertz CT molecular complexity index is 2550. The summed E-state index contributed by atoms with van der Waals surface area (Å²) in [5.41, 5.74) is 11.1. The molecule has 4 atom stereocenters. The highest BCUT2D eigenvalue weighted by atomic mass is 16.5. The van der Waals surface area contributed by atoms with E-state index < -0.39 is 53.7 Å². The summed E-state index contributed by atoms with van der Waals surface area (Å²) in [7, 11) is 9.16. The lowest BCUT2D eigenvalue weighted by Crippen LogP contribution is -2.56. The van der Waals surface area contributed by atoms with Gasteiger partial charge in [0.25, 0.3) is 5.91 Å². The highest BCUT2D eigenvalue weighted by Gasteiger charge is 2.36. The number of aryl methyl sites for hydroxylation is 2. The number of fused-ring (bicyclic) bond motifs is 5. The zero-order chi connectivity index (χ0) is 51.4. The molecule has 0 fully saturated rings. The molecule has 0 aliphatic carbocycles. The molecule has 5 rings (SSSR count). The molecule has 1 aromatic heterocycles. The van der Waals surface area contributed by atoms with Crippen LogP contribution in [0.15, 0.2) is 60.7 Å². The van der Waals surface area contributed by atoms with Gasteiger partial charge in [-0.3, -0.25) is 24.0 Å². The van der Waals surface area contributed by atoms with Crippen LogP contribution in [0.1, 0.15) is 78.6 Å². The Kier molecular flexibility index (Phi) is 18.6. The Labute approximate surface area is 411 Å². The van der Waals surface area contributed by atoms with Gasteiger partial charge in [0.1, 0.15) is 55.4 Å². The Morgan fingerprint density at radius 3 is 2.00 bits per heavy atom. The number of hydrogen-bond donors (Lipinski definition) is 5. The number of nitrogens with two attached hydrogens (primary N) is 1. The van der Waals surface area contributed by atoms with Gasteiger partial charge < -0.3 is 51.2 Å². The van der Waals surface area contributed by atoms with Crippen molar-refractivity contribution in [2.24, 2.45) is 5.73 Å². The first-order valence-corrected chi connectivity index (χ1v) is 23.4. The maximum atomic E-state index is 14.9. The summed E-state index contributed by atoms with van der Waals surface area (Å²) in [4.78, 5) is 85.7. The van der Waals surface area contributed by atoms with Crippen LogP contribution in [0.25, 0.3) is 22.5 Å². The molecule has 6 N–H and O–H groups in total. The second-order valence-electron chi connectivity index (χ2n) is 19.1. The Morgan fingerprint density at radius 2 is 1.44 bits per heavy atom. The first-order valence-electron chi connectivity index (χ1n) is 23.4. The van der Waals surface area contributed by atoms with E-state index in [1.807, 2.05) is 74.4 Å². The van der Waals surface area contributed by atoms with Crippen molar-refractivity contribution >= 4 is 29.5 Å². The lowest BCUT2D eigenvalue weighted by molar-refractivity contribution is -0.141. The average Bonchev–Trinajstić information content (AvgIpc) is 3.29. The van der Waals surface area contributed by atoms with Gasteiger partial charge in [-0.15, -0.1) is 0 Å². The second kappa shape index (κ2) is 24.1. The summed E-state index contributed by atoms with van der Waals surface area (Å²) in [6.07, 6.45) is 0.0405. The third kappa shape index (κ3) is 13.9. The first-order chi connectivity index (χ1) is 33.1. The van der Waals surface area contributed by atoms with E-state index in [1.165, 1.54) is 18.9 Å². The Hall–Kier alpha value is -6.94. The summed E-state index contributed by atoms with van der Waals surface area (Å²) in [6, 6.07) is 15.5. The number of likely N-dealkylation sites (N-methyl/N-ethyl adjacent to an activating group) is 3. The second-order valence-corrected chi connectivity index (χ2v) is 19.1. The van der Waals surface area contributed by atoms with Gasteiger partial charge in [-0.25, -0.2) is 9.97 Å². The molecule has 1 aliphatic heterocycles. The van der Waals surface area contributed by atoms with Crippen LogP contribution in [0.5, 0.6) is 11.5 Å². The van der Waals surface area contributed by atoms with Crippen molar-refractivity contribution in [3.63, 3.8) is 0 Å². The molecule has 0 unspecified atom stereocenters. The number of ether oxygens (including phenoxy) is 2. The molecule has 374 valence electrons. The molecule has 1 aliphatic rings. The van der Waals surface area contributed by atoms with Gasteiger partial charge in [0, 0.05) is 43.2 Å². The topological polar surface area (TPSA) is 237 Å². The van der Waals surface area contributed by atoms with Crippen LogP contribution in [0.3, 0.4) is 0 Å². The first kappa shape index (κ1) is 54.0. The quantitative estimate of drug-likeness (QED) is 0.0956. The zero-order valence-corrected chi connectivity index (χ0v) is 42.4. The maximum Gasteiger partial charge on any atom is 0.255 e. The fourth-order valence-corrected chi connectivity index (χ4v) is 7.99. The molecular weight excluding hydrogens is 891 g/mol. The van der Waals surface area contributed by atoms with Gasteiger partial charge in [0.2, 0.25) is 23.6 Å². The van der Waals surface area contributed by atoms with Crippen molar-refractivity contribution in [2.45, 2.75) is 84.0 Å². The largest absolute Gasteiger partial charge is 0.492 e. The number of nitrogens with zero attached hydrogens (tertiary/aromatic N) is 6. The number of hydrogen-bond acceptors (Lipinski definition) is 13. The third-order valence-corrected chi connectivity index (χ3v) is 12.0. The number of nitriles is 1. The minimum Gasteiger partial charge on any atom is -0.492 e. The molecule has 18 nitrogen and oxygen atoms in total. The highest BCUT2D eigenvalue weighted by Crippen LogP contribution is 2.40. The number of carbonyl (C=O) groups is 5. The SMILES string of the molecule is Cc1nc(-c2ccc(C(C)(C)C)cc2)nc(C)c1C(=O)N[C@@H](CCN)C(=O)N(C)[C@@H]1C(=O)N[C@@H](C)C(=O)N[C@H](C(=O)NCC#N)Cc2ccc(OCCN(C)C)c(c2)-c2cc1ccc2OCCN(C)C. The normalized spacial score (nSPS) is 16.6. The van der Waals surface area contributed by atoms with Crippen LogP contribution in [0.4, 0.5) is 0 Å². The number of aromatic nitrogens is 2. The molecule has 0 radical (unpaired) electrons. The van der Waals surface area contributed by atoms with Crippen LogP contribution < -0.4 is 36.5 Å². The van der Waals surface area contributed by atoms with Gasteiger partial charge in [-0.2, -0.15) is 5.26 Å². The fourth-order valence-electron chi connectivity index (χ4n) is 7.99. The summed E-state index contributed by atoms with van der Waals surface area (Å²) >= 11 is 0. The smallest absolute Gasteiger partial charge is 0.255 e. The zero-order valence-electron chi connectivity index (χ0n) is 42.4. The average molecular weight is 960 g/mol. The van der Waals surface area contributed by atoms with Crippen molar-refractivity contribution in [1.82, 2.24) is 45.9 Å². The number of benzene rings is 3. The van der Waals surface area contributed by atoms with Crippen LogP contribution in [-0.4, -0.2) is 147 Å². The molecule has 0 saturated heterocycles. The van der Waals surface area contributed by atoms with E-state index in [0.29, 0.717) is 77.3 Å². The molecule has 2 heterocycles. The standard InChI is InChI=1S/C52H69N11O7/c1-31-44(32(2)57-46(56-31)35-13-16-37(17-14-35)52(4,5)6)49(66)59-40(20-21-53)51(68)63(11)45-36-15-19-43(70-27-25-62(9)10)39(30-36)38-28-34(12-18-42(38)69-26-24-61(7)8)29-41(48(65)55-23-22-54)60-47(64)33(3)58-50(45)67/h12-19,28,30,33,40-41,45H,20-21,23-27,29,53H2,1-11H3,(H,55,65)(H,58,67)(H,59,66)(H,60,64)/t33-,40-,41-,45-/m0/s1. The highest BCUT2D eigenvalue weighted by molar-refractivity contribution is 6.00. The van der Waals surface area contributed by atoms with Crippen LogP contribution in [0, 0.1) is 25.2 Å². The molecule has 18 heteroatoms. The van der Waals surface area contributed by atoms with E-state index >= 15 is 0 Å². The van der Waals surface area contributed by atoms with Crippen molar-refractivity contribution in [3.05, 3.63) is 94.3 Å². The molecule has 70 heavy (non-hydrogen) atoms.